The maximum absolute atomic E-state index is 5.31. The largest absolute Gasteiger partial charge is 0.379 e. The monoisotopic (exact) mass is 1340 g/mol. The first-order chi connectivity index (χ1) is 43.4. The van der Waals surface area contributed by atoms with E-state index in [1.807, 2.05) is 0 Å². The fraction of sp³-hybridized carbons (Fsp3) is 1.00. The van der Waals surface area contributed by atoms with Crippen molar-refractivity contribution in [1.82, 2.24) is 70.7 Å². The highest BCUT2D eigenvalue weighted by Gasteiger charge is 2.21. The summed E-state index contributed by atoms with van der Waals surface area (Å²) in [7, 11) is 2.20. The summed E-state index contributed by atoms with van der Waals surface area (Å²) in [5.41, 5.74) is 2.58. The third kappa shape index (κ3) is 61.4. The summed E-state index contributed by atoms with van der Waals surface area (Å²) >= 11 is 2.10. The lowest BCUT2D eigenvalue weighted by molar-refractivity contribution is 0.0361. The van der Waals surface area contributed by atoms with Gasteiger partial charge in [0.2, 0.25) is 0 Å². The Morgan fingerprint density at radius 1 is 0.323 bits per heavy atom. The van der Waals surface area contributed by atoms with E-state index >= 15 is 0 Å². The molecule has 7 heterocycles. The first-order valence-electron chi connectivity index (χ1n) is 38.7. The summed E-state index contributed by atoms with van der Waals surface area (Å²) in [6.45, 7) is 90.7. The smallest absolute Gasteiger partial charge is 0.0594 e. The second kappa shape index (κ2) is 50.1. The number of rotatable bonds is 22. The third-order valence-electron chi connectivity index (χ3n) is 18.1. The van der Waals surface area contributed by atoms with Gasteiger partial charge in [-0.1, -0.05) is 75.7 Å². The van der Waals surface area contributed by atoms with Crippen molar-refractivity contribution in [1.29, 1.82) is 0 Å². The van der Waals surface area contributed by atoms with Gasteiger partial charge in [0.05, 0.1) is 13.2 Å². The molecule has 0 amide bonds. The van der Waals surface area contributed by atoms with E-state index in [1.165, 1.54) is 239 Å². The molecular formula is C77H168N14OS. The summed E-state index contributed by atoms with van der Waals surface area (Å²) in [5.74, 6) is 2.69. The van der Waals surface area contributed by atoms with Crippen LogP contribution in [0.3, 0.4) is 0 Å². The summed E-state index contributed by atoms with van der Waals surface area (Å²) in [5, 5.41) is 17.5. The average Bonchev–Trinajstić information content (AvgIpc) is 3.80. The molecule has 15 nitrogen and oxygen atoms in total. The van der Waals surface area contributed by atoms with E-state index in [9.17, 15) is 0 Å². The first-order valence-corrected chi connectivity index (χ1v) is 39.9. The Bertz CT molecular complexity index is 1530. The predicted octanol–water partition coefficient (Wildman–Crippen LogP) is 11.7. The molecule has 0 atom stereocenters. The van der Waals surface area contributed by atoms with E-state index in [0.717, 1.165) is 65.6 Å². The number of likely N-dealkylation sites (N-methyl/N-ethyl adjacent to an activating group) is 2. The Morgan fingerprint density at radius 3 is 0.935 bits per heavy atom. The first kappa shape index (κ1) is 90.8. The van der Waals surface area contributed by atoms with Gasteiger partial charge in [0.1, 0.15) is 0 Å². The standard InChI is InChI=1S/C12H27N3.C11H25N3.C11H24N2.C11H23NO.C11H23NS.C11H23N.C10H23N3/c1-5-14-8-10-15(11-9-14)7-6-13-12(2,3)4;1-11(2,3)12-5-6-14-9-7-13(4)8-10-14;1-11(2,3)12-7-10-13-8-5-4-6-9-13;2*1-11(2,3)5-4-6-12-7-9-13-10-8-12;1-11(2,3)7-6-10-12-8-4-5-9-12;1-10(2,3)12-6-9-13-7-4-11-5-8-13/h13H,5-11H2,1-4H3;12H,5-10H2,1-4H3;12H,4-10H2,1-3H3;2*4-10H2,1-3H3;4-10H2,1-3H3;11-12H,4-9H2,1-3H3. The molecule has 558 valence electrons. The van der Waals surface area contributed by atoms with E-state index in [1.54, 1.807) is 0 Å². The zero-order chi connectivity index (χ0) is 69.9. The lowest BCUT2D eigenvalue weighted by atomic mass is 9.90. The van der Waals surface area contributed by atoms with Crippen molar-refractivity contribution in [3.63, 3.8) is 0 Å². The number of hydrogen-bond acceptors (Lipinski definition) is 16. The van der Waals surface area contributed by atoms with Gasteiger partial charge < -0.3 is 55.8 Å². The van der Waals surface area contributed by atoms with Gasteiger partial charge in [-0.15, -0.1) is 0 Å². The van der Waals surface area contributed by atoms with Gasteiger partial charge in [-0.05, 0) is 223 Å². The molecule has 0 bridgehead atoms. The number of nitrogens with one attached hydrogen (secondary N) is 5. The van der Waals surface area contributed by atoms with Crippen LogP contribution in [-0.4, -0.2) is 307 Å². The third-order valence-corrected chi connectivity index (χ3v) is 19.1. The van der Waals surface area contributed by atoms with Gasteiger partial charge in [-0.3, -0.25) is 19.6 Å². The topological polar surface area (TPSA) is 98.5 Å². The summed E-state index contributed by atoms with van der Waals surface area (Å²) < 4.78 is 5.31. The van der Waals surface area contributed by atoms with Gasteiger partial charge in [-0.2, -0.15) is 11.8 Å². The number of nitrogens with zero attached hydrogens (tertiary/aromatic N) is 9. The maximum Gasteiger partial charge on any atom is 0.0594 e. The quantitative estimate of drug-likeness (QED) is 0.0711. The zero-order valence-electron chi connectivity index (χ0n) is 67.1. The number of piperazine rings is 3. The van der Waals surface area contributed by atoms with Crippen LogP contribution in [-0.2, 0) is 4.74 Å². The highest BCUT2D eigenvalue weighted by molar-refractivity contribution is 7.99. The van der Waals surface area contributed by atoms with E-state index in [2.05, 4.69) is 242 Å². The Labute approximate surface area is 586 Å². The molecule has 7 saturated heterocycles. The number of ether oxygens (including phenoxy) is 1. The van der Waals surface area contributed by atoms with Gasteiger partial charge >= 0.3 is 0 Å². The Kier molecular flexibility index (Phi) is 48.9. The highest BCUT2D eigenvalue weighted by atomic mass is 32.2. The van der Waals surface area contributed by atoms with Crippen LogP contribution in [0.1, 0.15) is 223 Å². The second-order valence-electron chi connectivity index (χ2n) is 36.1. The van der Waals surface area contributed by atoms with Gasteiger partial charge in [0.25, 0.3) is 0 Å². The van der Waals surface area contributed by atoms with Crippen LogP contribution in [0.5, 0.6) is 0 Å². The zero-order valence-corrected chi connectivity index (χ0v) is 67.9. The molecule has 93 heavy (non-hydrogen) atoms. The minimum absolute atomic E-state index is 0.255. The van der Waals surface area contributed by atoms with Crippen LogP contribution in [0.4, 0.5) is 0 Å². The molecule has 0 spiro atoms. The van der Waals surface area contributed by atoms with Crippen LogP contribution in [0.2, 0.25) is 0 Å². The van der Waals surface area contributed by atoms with Crippen molar-refractivity contribution in [3.05, 3.63) is 0 Å². The van der Waals surface area contributed by atoms with Gasteiger partial charge in [0, 0.05) is 191 Å². The molecular weight excluding hydrogens is 1170 g/mol. The maximum atomic E-state index is 5.31. The van der Waals surface area contributed by atoms with Crippen molar-refractivity contribution in [2.45, 2.75) is 245 Å². The van der Waals surface area contributed by atoms with E-state index in [-0.39, 0.29) is 22.2 Å². The fourth-order valence-electron chi connectivity index (χ4n) is 12.0. The Balaban J connectivity index is 0.000000543. The number of hydrogen-bond donors (Lipinski definition) is 5. The normalized spacial score (nSPS) is 20.7. The molecule has 0 unspecified atom stereocenters. The molecule has 0 aliphatic carbocycles. The number of thioether (sulfide) groups is 1. The minimum atomic E-state index is 0.255. The predicted molar refractivity (Wildman–Crippen MR) is 416 cm³/mol. The van der Waals surface area contributed by atoms with Crippen LogP contribution >= 0.6 is 11.8 Å². The fourth-order valence-corrected chi connectivity index (χ4v) is 13.0. The van der Waals surface area contributed by atoms with Crippen LogP contribution in [0.15, 0.2) is 0 Å². The SMILES string of the molecule is CC(C)(C)CCCN1CCCC1.CC(C)(C)CCCN1CCOCC1.CC(C)(C)CCCN1CCSCC1.CC(C)(C)NCCN1CCCCC1.CC(C)(C)NCCN1CCNCC1.CCN1CCN(CCNC(C)(C)C)CC1.CN1CCN(CCNC(C)(C)C)CC1. The van der Waals surface area contributed by atoms with E-state index < -0.39 is 0 Å². The minimum Gasteiger partial charge on any atom is -0.379 e. The number of likely N-dealkylation sites (tertiary alicyclic amines) is 2. The van der Waals surface area contributed by atoms with Crippen molar-refractivity contribution in [3.8, 4) is 0 Å². The second-order valence-corrected chi connectivity index (χ2v) is 37.3. The van der Waals surface area contributed by atoms with E-state index in [4.69, 9.17) is 4.74 Å². The summed E-state index contributed by atoms with van der Waals surface area (Å²) in [6, 6.07) is 0. The van der Waals surface area contributed by atoms with Crippen molar-refractivity contribution in [2.75, 3.05) is 241 Å². The van der Waals surface area contributed by atoms with Crippen molar-refractivity contribution in [2.24, 2.45) is 16.2 Å². The van der Waals surface area contributed by atoms with Crippen LogP contribution < -0.4 is 26.6 Å². The van der Waals surface area contributed by atoms with E-state index in [0.29, 0.717) is 16.2 Å². The molecule has 7 rings (SSSR count). The molecule has 0 aromatic carbocycles. The van der Waals surface area contributed by atoms with Crippen LogP contribution in [0.25, 0.3) is 0 Å². The van der Waals surface area contributed by atoms with Gasteiger partial charge in [0.15, 0.2) is 0 Å². The lowest BCUT2D eigenvalue weighted by Gasteiger charge is -2.34. The van der Waals surface area contributed by atoms with Crippen molar-refractivity contribution < 1.29 is 4.74 Å². The molecule has 0 aromatic rings. The molecule has 7 aliphatic rings. The Hall–Kier alpha value is -0.250. The number of morpholine rings is 1. The molecule has 5 N–H and O–H groups in total. The Morgan fingerprint density at radius 2 is 0.602 bits per heavy atom. The van der Waals surface area contributed by atoms with Gasteiger partial charge in [-0.25, -0.2) is 0 Å². The number of piperidine rings is 1. The molecule has 7 fully saturated rings. The summed E-state index contributed by atoms with van der Waals surface area (Å²) in [4.78, 5) is 22.8. The summed E-state index contributed by atoms with van der Waals surface area (Å²) in [6.07, 6.45) is 15.2. The molecule has 7 aliphatic heterocycles. The van der Waals surface area contributed by atoms with Crippen LogP contribution in [0, 0.1) is 16.2 Å². The highest BCUT2D eigenvalue weighted by Crippen LogP contribution is 2.23. The average molecular weight is 1340 g/mol. The van der Waals surface area contributed by atoms with Crippen molar-refractivity contribution >= 4 is 11.8 Å². The molecule has 16 heteroatoms. The molecule has 0 radical (unpaired) electrons. The molecule has 0 aromatic heterocycles. The molecule has 0 saturated carbocycles. The lowest BCUT2D eigenvalue weighted by Crippen LogP contribution is -2.49.